The van der Waals surface area contributed by atoms with Crippen molar-refractivity contribution in [3.8, 4) is 11.4 Å². The summed E-state index contributed by atoms with van der Waals surface area (Å²) < 4.78 is 5.77. The van der Waals surface area contributed by atoms with E-state index in [0.29, 0.717) is 0 Å². The third-order valence-electron chi connectivity index (χ3n) is 2.53. The van der Waals surface area contributed by atoms with Crippen molar-refractivity contribution in [3.63, 3.8) is 0 Å². The molecule has 98 valence electrons. The average molecular weight is 262 g/mol. The molecule has 2 aromatic rings. The molecule has 0 aliphatic heterocycles. The van der Waals surface area contributed by atoms with E-state index < -0.39 is 22.8 Å². The Labute approximate surface area is 106 Å². The van der Waals surface area contributed by atoms with Crippen LogP contribution >= 0.6 is 0 Å². The highest BCUT2D eigenvalue weighted by molar-refractivity contribution is 5.86. The van der Waals surface area contributed by atoms with Gasteiger partial charge in [0.2, 0.25) is 0 Å². The third-order valence-corrected chi connectivity index (χ3v) is 2.53. The molecule has 0 radical (unpaired) electrons. The molecule has 7 heteroatoms. The quantitative estimate of drug-likeness (QED) is 0.824. The Morgan fingerprint density at radius 1 is 1.32 bits per heavy atom. The summed E-state index contributed by atoms with van der Waals surface area (Å²) in [5.74, 6) is -1.12. The summed E-state index contributed by atoms with van der Waals surface area (Å²) >= 11 is 0. The topological polar surface area (TPSA) is 101 Å². The summed E-state index contributed by atoms with van der Waals surface area (Å²) in [4.78, 5) is 36.9. The van der Waals surface area contributed by atoms with Crippen molar-refractivity contribution >= 4 is 5.97 Å². The van der Waals surface area contributed by atoms with Crippen LogP contribution in [0.25, 0.3) is 5.69 Å². The molecular weight excluding hydrogens is 252 g/mol. The Bertz CT molecular complexity index is 744. The zero-order chi connectivity index (χ0) is 14.0. The van der Waals surface area contributed by atoms with E-state index in [9.17, 15) is 14.4 Å². The summed E-state index contributed by atoms with van der Waals surface area (Å²) in [6.07, 6.45) is 0.874. The predicted molar refractivity (Wildman–Crippen MR) is 66.2 cm³/mol. The predicted octanol–water partition coefficient (Wildman–Crippen LogP) is 0.233. The van der Waals surface area contributed by atoms with Gasteiger partial charge < -0.3 is 14.8 Å². The molecule has 0 saturated carbocycles. The fourth-order valence-electron chi connectivity index (χ4n) is 1.66. The van der Waals surface area contributed by atoms with Crippen molar-refractivity contribution < 1.29 is 14.6 Å². The standard InChI is InChI=1S/C12H10N2O5/c1-19-9-5-3-2-4-8(9)14-10(15)7(11(16)17)6-13-12(14)18/h2-6H,1H3,(H,13,18)(H,16,17). The fraction of sp³-hybridized carbons (Fsp3) is 0.0833. The molecule has 0 spiro atoms. The fourth-order valence-corrected chi connectivity index (χ4v) is 1.66. The van der Waals surface area contributed by atoms with Gasteiger partial charge in [-0.25, -0.2) is 14.2 Å². The third kappa shape index (κ3) is 2.13. The summed E-state index contributed by atoms with van der Waals surface area (Å²) in [5.41, 5.74) is -2.00. The van der Waals surface area contributed by atoms with Crippen LogP contribution in [0.5, 0.6) is 5.75 Å². The van der Waals surface area contributed by atoms with E-state index >= 15 is 0 Å². The number of ether oxygens (including phenoxy) is 1. The van der Waals surface area contributed by atoms with Crippen LogP contribution in [-0.4, -0.2) is 27.7 Å². The molecule has 0 fully saturated rings. The second kappa shape index (κ2) is 4.81. The van der Waals surface area contributed by atoms with Gasteiger partial charge in [0.1, 0.15) is 11.3 Å². The number of aromatic carboxylic acids is 1. The number of nitrogens with zero attached hydrogens (tertiary/aromatic N) is 1. The molecule has 0 aliphatic carbocycles. The number of rotatable bonds is 3. The monoisotopic (exact) mass is 262 g/mol. The number of para-hydroxylation sites is 2. The lowest BCUT2D eigenvalue weighted by Crippen LogP contribution is -2.36. The van der Waals surface area contributed by atoms with Crippen LogP contribution in [-0.2, 0) is 0 Å². The van der Waals surface area contributed by atoms with Gasteiger partial charge in [0.25, 0.3) is 5.56 Å². The Kier molecular flexibility index (Phi) is 3.19. The lowest BCUT2D eigenvalue weighted by Gasteiger charge is -2.09. The van der Waals surface area contributed by atoms with Gasteiger partial charge in [-0.3, -0.25) is 4.79 Å². The highest BCUT2D eigenvalue weighted by atomic mass is 16.5. The minimum absolute atomic E-state index is 0.180. The number of benzene rings is 1. The van der Waals surface area contributed by atoms with Crippen molar-refractivity contribution in [2.75, 3.05) is 7.11 Å². The van der Waals surface area contributed by atoms with Crippen LogP contribution in [0.1, 0.15) is 10.4 Å². The molecule has 7 nitrogen and oxygen atoms in total. The van der Waals surface area contributed by atoms with Crippen LogP contribution in [0.15, 0.2) is 40.1 Å². The molecule has 0 amide bonds. The highest BCUT2D eigenvalue weighted by Crippen LogP contribution is 2.19. The molecule has 19 heavy (non-hydrogen) atoms. The van der Waals surface area contributed by atoms with Crippen LogP contribution in [0.3, 0.4) is 0 Å². The van der Waals surface area contributed by atoms with Crippen LogP contribution in [0.2, 0.25) is 0 Å². The Morgan fingerprint density at radius 2 is 2.00 bits per heavy atom. The van der Waals surface area contributed by atoms with Gasteiger partial charge in [-0.05, 0) is 12.1 Å². The SMILES string of the molecule is COc1ccccc1-n1c(=O)[nH]cc(C(=O)O)c1=O. The zero-order valence-electron chi connectivity index (χ0n) is 9.91. The summed E-state index contributed by atoms with van der Waals surface area (Å²) in [5, 5.41) is 8.89. The lowest BCUT2D eigenvalue weighted by atomic mass is 10.2. The Hall–Kier alpha value is -2.83. The van der Waals surface area contributed by atoms with Gasteiger partial charge in [-0.15, -0.1) is 0 Å². The van der Waals surface area contributed by atoms with E-state index in [1.165, 1.54) is 13.2 Å². The first-order valence-corrected chi connectivity index (χ1v) is 5.27. The van der Waals surface area contributed by atoms with Crippen molar-refractivity contribution in [1.82, 2.24) is 9.55 Å². The van der Waals surface area contributed by atoms with E-state index in [4.69, 9.17) is 9.84 Å². The molecule has 2 N–H and O–H groups in total. The number of carboxylic acid groups (broad SMARTS) is 1. The van der Waals surface area contributed by atoms with E-state index in [-0.39, 0.29) is 11.4 Å². The Morgan fingerprint density at radius 3 is 2.63 bits per heavy atom. The second-order valence-corrected chi connectivity index (χ2v) is 3.63. The molecular formula is C12H10N2O5. The molecule has 1 aromatic carbocycles. The van der Waals surface area contributed by atoms with Crippen molar-refractivity contribution in [1.29, 1.82) is 0 Å². The van der Waals surface area contributed by atoms with E-state index in [0.717, 1.165) is 10.8 Å². The molecule has 0 aliphatic rings. The van der Waals surface area contributed by atoms with Gasteiger partial charge in [0.05, 0.1) is 12.8 Å². The molecule has 1 heterocycles. The van der Waals surface area contributed by atoms with Crippen molar-refractivity contribution in [2.45, 2.75) is 0 Å². The minimum Gasteiger partial charge on any atom is -0.495 e. The number of hydrogen-bond donors (Lipinski definition) is 2. The number of carboxylic acids is 1. The summed E-state index contributed by atoms with van der Waals surface area (Å²) in [6, 6.07) is 6.33. The van der Waals surface area contributed by atoms with E-state index in [1.807, 2.05) is 0 Å². The highest BCUT2D eigenvalue weighted by Gasteiger charge is 2.16. The Balaban J connectivity index is 2.83. The molecule has 0 bridgehead atoms. The molecule has 0 saturated heterocycles. The smallest absolute Gasteiger partial charge is 0.342 e. The first-order valence-electron chi connectivity index (χ1n) is 5.27. The number of aromatic nitrogens is 2. The first kappa shape index (κ1) is 12.6. The van der Waals surface area contributed by atoms with Crippen LogP contribution in [0, 0.1) is 0 Å². The van der Waals surface area contributed by atoms with Crippen LogP contribution in [0.4, 0.5) is 0 Å². The number of H-pyrrole nitrogens is 1. The summed E-state index contributed by atoms with van der Waals surface area (Å²) in [6.45, 7) is 0. The van der Waals surface area contributed by atoms with E-state index in [2.05, 4.69) is 4.98 Å². The maximum absolute atomic E-state index is 12.0. The number of aromatic amines is 1. The molecule has 0 unspecified atom stereocenters. The molecule has 1 aromatic heterocycles. The van der Waals surface area contributed by atoms with Crippen LogP contribution < -0.4 is 16.0 Å². The average Bonchev–Trinajstić information content (AvgIpc) is 2.39. The van der Waals surface area contributed by atoms with Crippen molar-refractivity contribution in [2.24, 2.45) is 0 Å². The number of hydrogen-bond acceptors (Lipinski definition) is 4. The normalized spacial score (nSPS) is 10.2. The lowest BCUT2D eigenvalue weighted by molar-refractivity contribution is 0.0694. The van der Waals surface area contributed by atoms with Gasteiger partial charge in [0.15, 0.2) is 0 Å². The number of methoxy groups -OCH3 is 1. The largest absolute Gasteiger partial charge is 0.495 e. The van der Waals surface area contributed by atoms with Gasteiger partial charge in [-0.2, -0.15) is 0 Å². The van der Waals surface area contributed by atoms with Gasteiger partial charge in [0, 0.05) is 6.20 Å². The minimum atomic E-state index is -1.41. The van der Waals surface area contributed by atoms with Crippen molar-refractivity contribution in [3.05, 3.63) is 56.9 Å². The van der Waals surface area contributed by atoms with E-state index in [1.54, 1.807) is 18.2 Å². The maximum Gasteiger partial charge on any atom is 0.342 e. The second-order valence-electron chi connectivity index (χ2n) is 3.63. The molecule has 0 atom stereocenters. The summed E-state index contributed by atoms with van der Waals surface area (Å²) in [7, 11) is 1.39. The maximum atomic E-state index is 12.0. The number of nitrogens with one attached hydrogen (secondary N) is 1. The number of carbonyl (C=O) groups is 1. The van der Waals surface area contributed by atoms with Gasteiger partial charge >= 0.3 is 11.7 Å². The molecule has 2 rings (SSSR count). The van der Waals surface area contributed by atoms with Gasteiger partial charge in [-0.1, -0.05) is 12.1 Å². The first-order chi connectivity index (χ1) is 9.06. The zero-order valence-corrected chi connectivity index (χ0v) is 9.91.